The topological polar surface area (TPSA) is 226 Å². The Morgan fingerprint density at radius 1 is 0.729 bits per heavy atom. The van der Waals surface area contributed by atoms with Crippen LogP contribution in [-0.4, -0.2) is 108 Å². The molecule has 1 aliphatic carbocycles. The smallest absolute Gasteiger partial charge is 0.393 e. The molecule has 0 aromatic carbocycles. The third-order valence-corrected chi connectivity index (χ3v) is 9.86. The third-order valence-electron chi connectivity index (χ3n) is 8.87. The van der Waals surface area contributed by atoms with Crippen LogP contribution < -0.4 is 5.32 Å². The molecule has 0 saturated heterocycles. The van der Waals surface area contributed by atoms with Crippen LogP contribution in [0.3, 0.4) is 0 Å². The van der Waals surface area contributed by atoms with Gasteiger partial charge >= 0.3 is 7.82 Å². The van der Waals surface area contributed by atoms with E-state index in [-0.39, 0.29) is 6.42 Å². The number of rotatable bonds is 28. The summed E-state index contributed by atoms with van der Waals surface area (Å²) in [4.78, 5) is 23.1. The highest BCUT2D eigenvalue weighted by Crippen LogP contribution is 2.47. The molecule has 0 radical (unpaired) electrons. The molecule has 0 heterocycles. The number of unbranched alkanes of at least 4 members (excludes halogenated alkanes) is 15. The molecule has 1 saturated carbocycles. The van der Waals surface area contributed by atoms with Crippen molar-refractivity contribution in [2.24, 2.45) is 0 Å². The monoisotopic (exact) mass is 711 g/mol. The number of phosphoric acid groups is 1. The van der Waals surface area contributed by atoms with Crippen LogP contribution >= 0.6 is 7.82 Å². The molecule has 1 fully saturated rings. The van der Waals surface area contributed by atoms with Crippen molar-refractivity contribution in [2.75, 3.05) is 6.61 Å². The van der Waals surface area contributed by atoms with Gasteiger partial charge in [0, 0.05) is 0 Å². The van der Waals surface area contributed by atoms with E-state index in [0.717, 1.165) is 57.8 Å². The Morgan fingerprint density at radius 2 is 1.19 bits per heavy atom. The SMILES string of the molecule is CCCCCCCC/C=C/C(O)C(COP(=O)(O)OC1C(O)C(O)C(O)C(O)C1O)NC(=O)CC(O)CCCCCCCCCCCC. The Labute approximate surface area is 287 Å². The molecule has 0 aromatic rings. The lowest BCUT2D eigenvalue weighted by Crippen LogP contribution is -2.64. The van der Waals surface area contributed by atoms with Gasteiger partial charge in [0.1, 0.15) is 36.6 Å². The Morgan fingerprint density at radius 3 is 1.71 bits per heavy atom. The number of hydrogen-bond acceptors (Lipinski definition) is 11. The van der Waals surface area contributed by atoms with Crippen molar-refractivity contribution in [1.82, 2.24) is 5.32 Å². The molecule has 0 aliphatic heterocycles. The molecule has 0 spiro atoms. The van der Waals surface area contributed by atoms with Crippen molar-refractivity contribution < 1.29 is 59.0 Å². The normalized spacial score (nSPS) is 26.3. The molecule has 0 aromatic heterocycles. The highest BCUT2D eigenvalue weighted by molar-refractivity contribution is 7.47. The van der Waals surface area contributed by atoms with Crippen molar-refractivity contribution in [3.63, 3.8) is 0 Å². The fourth-order valence-electron chi connectivity index (χ4n) is 5.77. The lowest BCUT2D eigenvalue weighted by atomic mass is 9.85. The minimum Gasteiger partial charge on any atom is -0.393 e. The quantitative estimate of drug-likeness (QED) is 0.0323. The summed E-state index contributed by atoms with van der Waals surface area (Å²) in [6.07, 6.45) is 7.88. The van der Waals surface area contributed by atoms with Gasteiger partial charge < -0.3 is 46.0 Å². The average molecular weight is 712 g/mol. The van der Waals surface area contributed by atoms with E-state index in [0.29, 0.717) is 12.8 Å². The van der Waals surface area contributed by atoms with Crippen molar-refractivity contribution in [1.29, 1.82) is 0 Å². The number of hydrogen-bond donors (Lipinski definition) is 9. The maximum absolute atomic E-state index is 12.8. The molecule has 8 unspecified atom stereocenters. The molecular formula is C34H66NO12P. The predicted octanol–water partition coefficient (Wildman–Crippen LogP) is 3.52. The van der Waals surface area contributed by atoms with E-state index in [9.17, 15) is 50.0 Å². The van der Waals surface area contributed by atoms with E-state index in [1.54, 1.807) is 6.08 Å². The summed E-state index contributed by atoms with van der Waals surface area (Å²) < 4.78 is 22.6. The van der Waals surface area contributed by atoms with Gasteiger partial charge in [-0.1, -0.05) is 122 Å². The van der Waals surface area contributed by atoms with Gasteiger partial charge in [-0.25, -0.2) is 4.57 Å². The van der Waals surface area contributed by atoms with Crippen LogP contribution in [0.25, 0.3) is 0 Å². The largest absolute Gasteiger partial charge is 0.472 e. The Bertz CT molecular complexity index is 895. The number of aliphatic hydroxyl groups excluding tert-OH is 7. The van der Waals surface area contributed by atoms with Crippen LogP contribution in [-0.2, 0) is 18.4 Å². The fourth-order valence-corrected chi connectivity index (χ4v) is 6.73. The lowest BCUT2D eigenvalue weighted by molar-refractivity contribution is -0.220. The van der Waals surface area contributed by atoms with E-state index in [1.165, 1.54) is 51.0 Å². The van der Waals surface area contributed by atoms with Gasteiger partial charge in [0.2, 0.25) is 5.91 Å². The molecular weight excluding hydrogens is 645 g/mol. The standard InChI is InChI=1S/C34H66NO12P/c1-3-5-7-9-11-13-14-15-17-19-21-25(36)23-28(38)35-26(27(37)22-20-18-16-12-10-8-6-4-2)24-46-48(44,45)47-34-32(42)30(40)29(39)31(41)33(34)43/h20,22,25-27,29-34,36-37,39-43H,3-19,21,23-24H2,1-2H3,(H,35,38)(H,44,45)/b22-20+. The zero-order chi connectivity index (χ0) is 36.0. The van der Waals surface area contributed by atoms with Crippen LogP contribution in [0.4, 0.5) is 0 Å². The summed E-state index contributed by atoms with van der Waals surface area (Å²) in [6.45, 7) is 3.61. The second kappa shape index (κ2) is 25.9. The summed E-state index contributed by atoms with van der Waals surface area (Å²) in [5, 5.41) is 73.7. The van der Waals surface area contributed by atoms with Gasteiger partial charge in [-0.05, 0) is 19.3 Å². The predicted molar refractivity (Wildman–Crippen MR) is 183 cm³/mol. The molecule has 1 amide bonds. The minimum atomic E-state index is -5.12. The van der Waals surface area contributed by atoms with Crippen molar-refractivity contribution in [3.8, 4) is 0 Å². The van der Waals surface area contributed by atoms with Gasteiger partial charge in [0.05, 0.1) is 31.3 Å². The molecule has 13 nitrogen and oxygen atoms in total. The number of carbonyl (C=O) groups excluding carboxylic acids is 1. The van der Waals surface area contributed by atoms with Crippen LogP contribution in [0.1, 0.15) is 136 Å². The van der Waals surface area contributed by atoms with Crippen molar-refractivity contribution >= 4 is 13.7 Å². The number of phosphoric ester groups is 1. The molecule has 14 heteroatoms. The Balaban J connectivity index is 2.68. The zero-order valence-corrected chi connectivity index (χ0v) is 30.0. The summed E-state index contributed by atoms with van der Waals surface area (Å²) >= 11 is 0. The number of allylic oxidation sites excluding steroid dienone is 1. The van der Waals surface area contributed by atoms with Crippen LogP contribution in [0, 0.1) is 0 Å². The van der Waals surface area contributed by atoms with Crippen LogP contribution in [0.2, 0.25) is 0 Å². The maximum atomic E-state index is 12.8. The second-order valence-electron chi connectivity index (χ2n) is 13.3. The van der Waals surface area contributed by atoms with E-state index in [4.69, 9.17) is 9.05 Å². The number of aliphatic hydroxyl groups is 7. The number of nitrogens with one attached hydrogen (secondary N) is 1. The summed E-state index contributed by atoms with van der Waals surface area (Å²) in [6, 6.07) is -1.23. The van der Waals surface area contributed by atoms with Gasteiger partial charge in [-0.3, -0.25) is 13.8 Å². The first-order valence-electron chi connectivity index (χ1n) is 18.2. The zero-order valence-electron chi connectivity index (χ0n) is 29.2. The molecule has 1 aliphatic rings. The maximum Gasteiger partial charge on any atom is 0.472 e. The average Bonchev–Trinajstić information content (AvgIpc) is 3.05. The molecule has 0 bridgehead atoms. The van der Waals surface area contributed by atoms with Gasteiger partial charge in [-0.2, -0.15) is 0 Å². The highest BCUT2D eigenvalue weighted by atomic mass is 31.2. The first kappa shape index (κ1) is 45.1. The Hall–Kier alpha value is -0.960. The molecule has 284 valence electrons. The minimum absolute atomic E-state index is 0.242. The second-order valence-corrected chi connectivity index (χ2v) is 14.7. The molecule has 1 rings (SSSR count). The number of carbonyl (C=O) groups is 1. The Kier molecular flexibility index (Phi) is 24.3. The van der Waals surface area contributed by atoms with E-state index in [1.807, 2.05) is 0 Å². The highest BCUT2D eigenvalue weighted by Gasteiger charge is 2.51. The fraction of sp³-hybridized carbons (Fsp3) is 0.912. The van der Waals surface area contributed by atoms with Crippen LogP contribution in [0.5, 0.6) is 0 Å². The molecule has 48 heavy (non-hydrogen) atoms. The third kappa shape index (κ3) is 18.9. The number of amides is 1. The van der Waals surface area contributed by atoms with E-state index >= 15 is 0 Å². The van der Waals surface area contributed by atoms with E-state index < -0.39 is 75.2 Å². The first-order chi connectivity index (χ1) is 22.8. The first-order valence-corrected chi connectivity index (χ1v) is 19.7. The summed E-state index contributed by atoms with van der Waals surface area (Å²) in [5.74, 6) is -0.599. The molecule has 8 atom stereocenters. The van der Waals surface area contributed by atoms with Crippen molar-refractivity contribution in [3.05, 3.63) is 12.2 Å². The summed E-state index contributed by atoms with van der Waals surface area (Å²) in [5.41, 5.74) is 0. The molecule has 9 N–H and O–H groups in total. The van der Waals surface area contributed by atoms with Crippen LogP contribution in [0.15, 0.2) is 12.2 Å². The summed E-state index contributed by atoms with van der Waals surface area (Å²) in [7, 11) is -5.12. The lowest BCUT2D eigenvalue weighted by Gasteiger charge is -2.41. The van der Waals surface area contributed by atoms with E-state index in [2.05, 4.69) is 19.2 Å². The van der Waals surface area contributed by atoms with Gasteiger partial charge in [0.15, 0.2) is 0 Å². The van der Waals surface area contributed by atoms with Gasteiger partial charge in [-0.15, -0.1) is 0 Å². The van der Waals surface area contributed by atoms with Crippen molar-refractivity contribution in [2.45, 2.75) is 191 Å². The van der Waals surface area contributed by atoms with Gasteiger partial charge in [0.25, 0.3) is 0 Å².